The van der Waals surface area contributed by atoms with E-state index in [1.807, 2.05) is 68.4 Å². The SMILES string of the molecule is CC(C)N(Cc1ccccc1)C(=O)C(=O)Nc1ccc(N2CCCC2)cc1. The van der Waals surface area contributed by atoms with Gasteiger partial charge in [-0.2, -0.15) is 0 Å². The molecule has 0 spiro atoms. The molecule has 2 amide bonds. The fourth-order valence-electron chi connectivity index (χ4n) is 3.31. The van der Waals surface area contributed by atoms with Crippen LogP contribution in [-0.4, -0.2) is 35.8 Å². The minimum absolute atomic E-state index is 0.0685. The highest BCUT2D eigenvalue weighted by molar-refractivity contribution is 6.39. The van der Waals surface area contributed by atoms with Gasteiger partial charge in [-0.1, -0.05) is 30.3 Å². The molecule has 0 bridgehead atoms. The summed E-state index contributed by atoms with van der Waals surface area (Å²) in [7, 11) is 0. The van der Waals surface area contributed by atoms with Crippen LogP contribution in [0.2, 0.25) is 0 Å². The summed E-state index contributed by atoms with van der Waals surface area (Å²) < 4.78 is 0. The number of carbonyl (C=O) groups excluding carboxylic acids is 2. The van der Waals surface area contributed by atoms with E-state index in [1.54, 1.807) is 4.90 Å². The number of carbonyl (C=O) groups is 2. The molecule has 2 aromatic rings. The fourth-order valence-corrected chi connectivity index (χ4v) is 3.31. The first-order valence-corrected chi connectivity index (χ1v) is 9.55. The molecule has 2 aromatic carbocycles. The first-order chi connectivity index (χ1) is 13.0. The van der Waals surface area contributed by atoms with E-state index in [4.69, 9.17) is 0 Å². The highest BCUT2D eigenvalue weighted by Crippen LogP contribution is 2.22. The van der Waals surface area contributed by atoms with Gasteiger partial charge in [0.25, 0.3) is 0 Å². The van der Waals surface area contributed by atoms with Gasteiger partial charge in [-0.05, 0) is 56.5 Å². The van der Waals surface area contributed by atoms with Gasteiger partial charge < -0.3 is 15.1 Å². The van der Waals surface area contributed by atoms with Crippen molar-refractivity contribution < 1.29 is 9.59 Å². The second kappa shape index (κ2) is 8.71. The molecule has 1 N–H and O–H groups in total. The number of hydrogen-bond donors (Lipinski definition) is 1. The van der Waals surface area contributed by atoms with Gasteiger partial charge in [0.1, 0.15) is 0 Å². The maximum absolute atomic E-state index is 12.7. The van der Waals surface area contributed by atoms with Crippen LogP contribution in [0.5, 0.6) is 0 Å². The minimum Gasteiger partial charge on any atom is -0.372 e. The quantitative estimate of drug-likeness (QED) is 0.823. The van der Waals surface area contributed by atoms with Crippen LogP contribution in [0.3, 0.4) is 0 Å². The number of benzene rings is 2. The molecular formula is C22H27N3O2. The molecule has 1 saturated heterocycles. The Bertz CT molecular complexity index is 766. The molecule has 0 saturated carbocycles. The molecular weight excluding hydrogens is 338 g/mol. The zero-order chi connectivity index (χ0) is 19.2. The molecule has 1 aliphatic rings. The first-order valence-electron chi connectivity index (χ1n) is 9.55. The monoisotopic (exact) mass is 365 g/mol. The van der Waals surface area contributed by atoms with Gasteiger partial charge in [0, 0.05) is 37.1 Å². The highest BCUT2D eigenvalue weighted by atomic mass is 16.2. The molecule has 0 radical (unpaired) electrons. The van der Waals surface area contributed by atoms with Gasteiger partial charge >= 0.3 is 11.8 Å². The zero-order valence-corrected chi connectivity index (χ0v) is 16.0. The van der Waals surface area contributed by atoms with Gasteiger partial charge in [0.15, 0.2) is 0 Å². The Hall–Kier alpha value is -2.82. The van der Waals surface area contributed by atoms with E-state index in [0.717, 1.165) is 24.3 Å². The van der Waals surface area contributed by atoms with Gasteiger partial charge in [-0.3, -0.25) is 9.59 Å². The fraction of sp³-hybridized carbons (Fsp3) is 0.364. The van der Waals surface area contributed by atoms with E-state index in [1.165, 1.54) is 12.8 Å². The van der Waals surface area contributed by atoms with Crippen LogP contribution >= 0.6 is 0 Å². The predicted molar refractivity (Wildman–Crippen MR) is 109 cm³/mol. The number of anilines is 2. The van der Waals surface area contributed by atoms with Gasteiger partial charge in [0.05, 0.1) is 0 Å². The molecule has 5 heteroatoms. The molecule has 5 nitrogen and oxygen atoms in total. The summed E-state index contributed by atoms with van der Waals surface area (Å²) >= 11 is 0. The van der Waals surface area contributed by atoms with Crippen molar-refractivity contribution in [2.45, 2.75) is 39.3 Å². The van der Waals surface area contributed by atoms with E-state index >= 15 is 0 Å². The third kappa shape index (κ3) is 4.88. The summed E-state index contributed by atoms with van der Waals surface area (Å²) in [6, 6.07) is 17.3. The van der Waals surface area contributed by atoms with Crippen molar-refractivity contribution in [3.05, 3.63) is 60.2 Å². The van der Waals surface area contributed by atoms with Crippen molar-refractivity contribution in [1.82, 2.24) is 4.90 Å². The van der Waals surface area contributed by atoms with Crippen LogP contribution in [0, 0.1) is 0 Å². The van der Waals surface area contributed by atoms with Crippen LogP contribution in [0.1, 0.15) is 32.3 Å². The Kier molecular flexibility index (Phi) is 6.12. The van der Waals surface area contributed by atoms with Crippen LogP contribution in [-0.2, 0) is 16.1 Å². The van der Waals surface area contributed by atoms with E-state index in [-0.39, 0.29) is 6.04 Å². The van der Waals surface area contributed by atoms with Gasteiger partial charge in [-0.25, -0.2) is 0 Å². The summed E-state index contributed by atoms with van der Waals surface area (Å²) in [6.45, 7) is 6.40. The van der Waals surface area contributed by atoms with E-state index in [2.05, 4.69) is 10.2 Å². The first kappa shape index (κ1) is 19.0. The standard InChI is InChI=1S/C22H27N3O2/c1-17(2)25(16-18-8-4-3-5-9-18)22(27)21(26)23-19-10-12-20(13-11-19)24-14-6-7-15-24/h3-5,8-13,17H,6-7,14-16H2,1-2H3,(H,23,26). The molecule has 1 fully saturated rings. The Balaban J connectivity index is 1.63. The summed E-state index contributed by atoms with van der Waals surface area (Å²) in [5.41, 5.74) is 2.80. The average molecular weight is 365 g/mol. The van der Waals surface area contributed by atoms with Crippen molar-refractivity contribution in [3.8, 4) is 0 Å². The van der Waals surface area contributed by atoms with Crippen molar-refractivity contribution in [3.63, 3.8) is 0 Å². The number of amides is 2. The van der Waals surface area contributed by atoms with Crippen molar-refractivity contribution >= 4 is 23.2 Å². The maximum atomic E-state index is 12.7. The third-order valence-corrected chi connectivity index (χ3v) is 4.87. The third-order valence-electron chi connectivity index (χ3n) is 4.87. The largest absolute Gasteiger partial charge is 0.372 e. The lowest BCUT2D eigenvalue weighted by Crippen LogP contribution is -2.43. The van der Waals surface area contributed by atoms with E-state index < -0.39 is 11.8 Å². The summed E-state index contributed by atoms with van der Waals surface area (Å²) in [5, 5.41) is 2.73. The molecule has 3 rings (SSSR count). The molecule has 0 aliphatic carbocycles. The lowest BCUT2D eigenvalue weighted by molar-refractivity contribution is -0.144. The van der Waals surface area contributed by atoms with Crippen LogP contribution in [0.15, 0.2) is 54.6 Å². The molecule has 0 atom stereocenters. The Morgan fingerprint density at radius 1 is 1.00 bits per heavy atom. The summed E-state index contributed by atoms with van der Waals surface area (Å²) in [4.78, 5) is 29.1. The Morgan fingerprint density at radius 2 is 1.63 bits per heavy atom. The summed E-state index contributed by atoms with van der Waals surface area (Å²) in [6.07, 6.45) is 2.44. The van der Waals surface area contributed by atoms with Crippen LogP contribution < -0.4 is 10.2 Å². The zero-order valence-electron chi connectivity index (χ0n) is 16.0. The normalized spacial score (nSPS) is 13.7. The van der Waals surface area contributed by atoms with Gasteiger partial charge in [0.2, 0.25) is 0 Å². The molecule has 0 unspecified atom stereocenters. The number of hydrogen-bond acceptors (Lipinski definition) is 3. The second-order valence-corrected chi connectivity index (χ2v) is 7.21. The predicted octanol–water partition coefficient (Wildman–Crippen LogP) is 3.66. The lowest BCUT2D eigenvalue weighted by Gasteiger charge is -2.26. The number of nitrogens with zero attached hydrogens (tertiary/aromatic N) is 2. The van der Waals surface area contributed by atoms with Crippen LogP contribution in [0.4, 0.5) is 11.4 Å². The van der Waals surface area contributed by atoms with Crippen molar-refractivity contribution in [1.29, 1.82) is 0 Å². The maximum Gasteiger partial charge on any atom is 0.313 e. The lowest BCUT2D eigenvalue weighted by atomic mass is 10.2. The summed E-state index contributed by atoms with van der Waals surface area (Å²) in [5.74, 6) is -1.12. The molecule has 142 valence electrons. The molecule has 27 heavy (non-hydrogen) atoms. The minimum atomic E-state index is -0.603. The average Bonchev–Trinajstić information content (AvgIpc) is 3.21. The molecule has 1 aliphatic heterocycles. The van der Waals surface area contributed by atoms with E-state index in [0.29, 0.717) is 12.2 Å². The van der Waals surface area contributed by atoms with E-state index in [9.17, 15) is 9.59 Å². The highest BCUT2D eigenvalue weighted by Gasteiger charge is 2.24. The smallest absolute Gasteiger partial charge is 0.313 e. The number of nitrogens with one attached hydrogen (secondary N) is 1. The number of rotatable bonds is 5. The molecule has 1 heterocycles. The Morgan fingerprint density at radius 3 is 2.22 bits per heavy atom. The Labute approximate surface area is 161 Å². The van der Waals surface area contributed by atoms with Crippen LogP contribution in [0.25, 0.3) is 0 Å². The van der Waals surface area contributed by atoms with Gasteiger partial charge in [-0.15, -0.1) is 0 Å². The van der Waals surface area contributed by atoms with Crippen molar-refractivity contribution in [2.75, 3.05) is 23.3 Å². The topological polar surface area (TPSA) is 52.7 Å². The second-order valence-electron chi connectivity index (χ2n) is 7.21. The molecule has 0 aromatic heterocycles. The van der Waals surface area contributed by atoms with Crippen molar-refractivity contribution in [2.24, 2.45) is 0 Å².